The lowest BCUT2D eigenvalue weighted by atomic mass is 10.3. The van der Waals surface area contributed by atoms with Gasteiger partial charge in [0.25, 0.3) is 10.0 Å². The summed E-state index contributed by atoms with van der Waals surface area (Å²) < 4.78 is 65.1. The van der Waals surface area contributed by atoms with Crippen LogP contribution in [0.25, 0.3) is 11.0 Å². The third kappa shape index (κ3) is 2.63. The number of pyridine rings is 1. The van der Waals surface area contributed by atoms with E-state index in [1.54, 1.807) is 0 Å². The molecule has 9 heteroatoms. The number of anilines is 1. The van der Waals surface area contributed by atoms with Crippen molar-refractivity contribution >= 4 is 26.7 Å². The van der Waals surface area contributed by atoms with Crippen molar-refractivity contribution in [1.29, 1.82) is 0 Å². The van der Waals surface area contributed by atoms with Gasteiger partial charge in [-0.05, 0) is 24.3 Å². The van der Waals surface area contributed by atoms with Gasteiger partial charge in [-0.15, -0.1) is 13.2 Å². The van der Waals surface area contributed by atoms with Crippen molar-refractivity contribution < 1.29 is 21.6 Å². The molecule has 1 aromatic carbocycles. The summed E-state index contributed by atoms with van der Waals surface area (Å²) in [6.07, 6.45) is -2.61. The first kappa shape index (κ1) is 15.3. The van der Waals surface area contributed by atoms with Gasteiger partial charge in [0, 0.05) is 17.8 Å². The zero-order chi connectivity index (χ0) is 16.7. The lowest BCUT2D eigenvalue weighted by Gasteiger charge is -2.26. The molecule has 0 aliphatic carbocycles. The van der Waals surface area contributed by atoms with Crippen LogP contribution in [0.3, 0.4) is 0 Å². The molecule has 23 heavy (non-hydrogen) atoms. The summed E-state index contributed by atoms with van der Waals surface area (Å²) in [6, 6.07) is 8.84. The second-order valence-electron chi connectivity index (χ2n) is 4.62. The van der Waals surface area contributed by atoms with E-state index in [0.717, 1.165) is 24.4 Å². The molecule has 0 saturated carbocycles. The molecule has 0 saturated heterocycles. The second-order valence-corrected chi connectivity index (χ2v) is 6.41. The van der Waals surface area contributed by atoms with Gasteiger partial charge in [-0.3, -0.25) is 0 Å². The maximum Gasteiger partial charge on any atom is 0.498 e. The average molecular weight is 341 g/mol. The molecule has 0 aliphatic heterocycles. The number of sulfonamides is 1. The monoisotopic (exact) mass is 341 g/mol. The van der Waals surface area contributed by atoms with E-state index in [1.165, 1.54) is 30.5 Å². The van der Waals surface area contributed by atoms with E-state index >= 15 is 0 Å². The first-order chi connectivity index (χ1) is 10.8. The summed E-state index contributed by atoms with van der Waals surface area (Å²) in [4.78, 5) is 6.09. The van der Waals surface area contributed by atoms with E-state index in [9.17, 15) is 21.6 Å². The fourth-order valence-corrected chi connectivity index (χ4v) is 3.63. The molecule has 2 aromatic heterocycles. The Morgan fingerprint density at radius 1 is 1.04 bits per heavy atom. The molecule has 2 heterocycles. The molecule has 0 amide bonds. The number of hydrogen-bond acceptors (Lipinski definition) is 3. The summed E-state index contributed by atoms with van der Waals surface area (Å²) in [5.74, 6) is 0. The van der Waals surface area contributed by atoms with Crippen molar-refractivity contribution in [2.75, 3.05) is 4.31 Å². The SMILES string of the molecule is O=S(=O)(c1ccccc1)N(c1ccnc2[nH]ccc12)C(F)(F)F. The van der Waals surface area contributed by atoms with Crippen molar-refractivity contribution in [2.24, 2.45) is 0 Å². The molecule has 0 radical (unpaired) electrons. The molecule has 0 unspecified atom stereocenters. The minimum Gasteiger partial charge on any atom is -0.346 e. The molecule has 5 nitrogen and oxygen atoms in total. The summed E-state index contributed by atoms with van der Waals surface area (Å²) >= 11 is 0. The summed E-state index contributed by atoms with van der Waals surface area (Å²) in [6.45, 7) is 0. The highest BCUT2D eigenvalue weighted by Gasteiger charge is 2.47. The number of nitrogens with one attached hydrogen (secondary N) is 1. The zero-order valence-electron chi connectivity index (χ0n) is 11.4. The molecule has 0 aliphatic rings. The van der Waals surface area contributed by atoms with Crippen LogP contribution in [0, 0.1) is 0 Å². The standard InChI is InChI=1S/C14H10F3N3O2S/c15-14(16,17)20(23(21,22)10-4-2-1-3-5-10)12-7-9-19-13-11(12)6-8-18-13/h1-9H,(H,18,19). The van der Waals surface area contributed by atoms with Crippen LogP contribution >= 0.6 is 0 Å². The third-order valence-electron chi connectivity index (χ3n) is 3.17. The van der Waals surface area contributed by atoms with Crippen LogP contribution in [0.15, 0.2) is 59.8 Å². The molecule has 3 aromatic rings. The molecule has 120 valence electrons. The number of alkyl halides is 3. The summed E-state index contributed by atoms with van der Waals surface area (Å²) in [7, 11) is -4.81. The van der Waals surface area contributed by atoms with Gasteiger partial charge >= 0.3 is 6.30 Å². The number of nitrogens with zero attached hydrogens (tertiary/aromatic N) is 2. The molecule has 1 N–H and O–H groups in total. The second kappa shape index (κ2) is 5.27. The number of rotatable bonds is 3. The number of hydrogen-bond donors (Lipinski definition) is 1. The van der Waals surface area contributed by atoms with Crippen LogP contribution in [0.4, 0.5) is 18.9 Å². The Balaban J connectivity index is 2.27. The van der Waals surface area contributed by atoms with Crippen molar-refractivity contribution in [1.82, 2.24) is 9.97 Å². The Kier molecular flexibility index (Phi) is 3.52. The van der Waals surface area contributed by atoms with E-state index in [2.05, 4.69) is 9.97 Å². The number of aromatic nitrogens is 2. The Morgan fingerprint density at radius 2 is 1.74 bits per heavy atom. The molecule has 0 spiro atoms. The highest BCUT2D eigenvalue weighted by atomic mass is 32.2. The van der Waals surface area contributed by atoms with E-state index in [1.807, 2.05) is 0 Å². The van der Waals surface area contributed by atoms with Crippen molar-refractivity contribution in [3.8, 4) is 0 Å². The van der Waals surface area contributed by atoms with Crippen LogP contribution in [0.1, 0.15) is 0 Å². The highest BCUT2D eigenvalue weighted by molar-refractivity contribution is 7.92. The Hall–Kier alpha value is -2.55. The minimum atomic E-state index is -5.12. The number of halogens is 3. The zero-order valence-corrected chi connectivity index (χ0v) is 12.3. The fourth-order valence-electron chi connectivity index (χ4n) is 2.22. The van der Waals surface area contributed by atoms with E-state index in [4.69, 9.17) is 0 Å². The Morgan fingerprint density at radius 3 is 2.39 bits per heavy atom. The number of fused-ring (bicyclic) bond motifs is 1. The Labute approximate surface area is 129 Å². The van der Waals surface area contributed by atoms with E-state index in [-0.39, 0.29) is 11.0 Å². The number of benzene rings is 1. The lowest BCUT2D eigenvalue weighted by molar-refractivity contribution is -0.115. The van der Waals surface area contributed by atoms with Crippen molar-refractivity contribution in [2.45, 2.75) is 11.2 Å². The first-order valence-corrected chi connectivity index (χ1v) is 7.85. The minimum absolute atomic E-state index is 0.0596. The van der Waals surface area contributed by atoms with E-state index < -0.39 is 31.2 Å². The Bertz CT molecular complexity index is 937. The first-order valence-electron chi connectivity index (χ1n) is 6.41. The molecule has 0 fully saturated rings. The molecule has 0 bridgehead atoms. The van der Waals surface area contributed by atoms with Gasteiger partial charge in [0.05, 0.1) is 10.6 Å². The van der Waals surface area contributed by atoms with Gasteiger partial charge in [-0.25, -0.2) is 13.4 Å². The summed E-state index contributed by atoms with van der Waals surface area (Å²) in [5, 5.41) is 0.0596. The highest BCUT2D eigenvalue weighted by Crippen LogP contribution is 2.37. The van der Waals surface area contributed by atoms with Gasteiger partial charge in [0.15, 0.2) is 0 Å². The van der Waals surface area contributed by atoms with Gasteiger partial charge in [-0.2, -0.15) is 4.31 Å². The van der Waals surface area contributed by atoms with Gasteiger partial charge < -0.3 is 4.98 Å². The number of H-pyrrole nitrogens is 1. The van der Waals surface area contributed by atoms with Crippen LogP contribution in [0.2, 0.25) is 0 Å². The maximum absolute atomic E-state index is 13.5. The smallest absolute Gasteiger partial charge is 0.346 e. The van der Waals surface area contributed by atoms with E-state index in [0.29, 0.717) is 0 Å². The number of aromatic amines is 1. The lowest BCUT2D eigenvalue weighted by Crippen LogP contribution is -2.43. The summed E-state index contributed by atoms with van der Waals surface area (Å²) in [5.41, 5.74) is -0.340. The van der Waals surface area contributed by atoms with Crippen LogP contribution in [-0.4, -0.2) is 24.7 Å². The predicted octanol–water partition coefficient (Wildman–Crippen LogP) is 3.28. The molecule has 3 rings (SSSR count). The quantitative estimate of drug-likeness (QED) is 0.744. The molecular formula is C14H10F3N3O2S. The van der Waals surface area contributed by atoms with Crippen LogP contribution in [-0.2, 0) is 10.0 Å². The average Bonchev–Trinajstić information content (AvgIpc) is 2.96. The maximum atomic E-state index is 13.5. The van der Waals surface area contributed by atoms with Crippen LogP contribution < -0.4 is 4.31 Å². The van der Waals surface area contributed by atoms with Crippen LogP contribution in [0.5, 0.6) is 0 Å². The van der Waals surface area contributed by atoms with Crippen molar-refractivity contribution in [3.63, 3.8) is 0 Å². The molecular weight excluding hydrogens is 331 g/mol. The van der Waals surface area contributed by atoms with Gasteiger partial charge in [0.1, 0.15) is 5.65 Å². The third-order valence-corrected chi connectivity index (χ3v) is 4.92. The molecule has 0 atom stereocenters. The fraction of sp³-hybridized carbons (Fsp3) is 0.0714. The topological polar surface area (TPSA) is 66.1 Å². The van der Waals surface area contributed by atoms with Crippen molar-refractivity contribution in [3.05, 3.63) is 54.9 Å². The van der Waals surface area contributed by atoms with Gasteiger partial charge in [-0.1, -0.05) is 18.2 Å². The predicted molar refractivity (Wildman–Crippen MR) is 78.3 cm³/mol. The normalized spacial score (nSPS) is 12.5. The van der Waals surface area contributed by atoms with Gasteiger partial charge in [0.2, 0.25) is 0 Å². The largest absolute Gasteiger partial charge is 0.498 e.